The topological polar surface area (TPSA) is 94.1 Å². The van der Waals surface area contributed by atoms with E-state index in [0.717, 1.165) is 11.1 Å². The van der Waals surface area contributed by atoms with Crippen LogP contribution in [0.1, 0.15) is 27.5 Å². The zero-order chi connectivity index (χ0) is 23.1. The fraction of sp³-hybridized carbons (Fsp3) is 0.167. The number of aromatic hydroxyl groups is 1. The van der Waals surface area contributed by atoms with Crippen molar-refractivity contribution >= 4 is 23.5 Å². The molecule has 0 aromatic heterocycles. The van der Waals surface area contributed by atoms with Crippen LogP contribution in [0.3, 0.4) is 0 Å². The molecule has 0 aliphatic carbocycles. The third-order valence-electron chi connectivity index (χ3n) is 4.72. The van der Waals surface area contributed by atoms with Crippen molar-refractivity contribution in [3.63, 3.8) is 0 Å². The number of ether oxygens (including phenoxy) is 3. The van der Waals surface area contributed by atoms with Crippen LogP contribution in [0.4, 0.5) is 0 Å². The van der Waals surface area contributed by atoms with Crippen molar-refractivity contribution < 1.29 is 28.9 Å². The lowest BCUT2D eigenvalue weighted by molar-refractivity contribution is -0.124. The Balaban J connectivity index is 1.75. The molecular formula is C24H22ClNO6. The fourth-order valence-corrected chi connectivity index (χ4v) is 3.21. The minimum atomic E-state index is -0.856. The van der Waals surface area contributed by atoms with Gasteiger partial charge < -0.3 is 24.6 Å². The highest BCUT2D eigenvalue weighted by Gasteiger charge is 2.20. The van der Waals surface area contributed by atoms with Crippen molar-refractivity contribution in [2.45, 2.75) is 6.04 Å². The van der Waals surface area contributed by atoms with Gasteiger partial charge in [-0.25, -0.2) is 4.79 Å². The molecule has 0 fully saturated rings. The lowest BCUT2D eigenvalue weighted by Crippen LogP contribution is -2.33. The lowest BCUT2D eigenvalue weighted by atomic mass is 9.98. The van der Waals surface area contributed by atoms with E-state index in [9.17, 15) is 14.7 Å². The Labute approximate surface area is 190 Å². The molecule has 32 heavy (non-hydrogen) atoms. The zero-order valence-corrected chi connectivity index (χ0v) is 18.3. The first-order chi connectivity index (χ1) is 15.4. The maximum Gasteiger partial charge on any atom is 0.342 e. The molecule has 0 heterocycles. The SMILES string of the molecule is COc1ccc(C(NC(=O)COC(=O)c2cc(Cl)ccc2O)c2ccc(OC)cc2)cc1. The fourth-order valence-electron chi connectivity index (χ4n) is 3.04. The van der Waals surface area contributed by atoms with Crippen molar-refractivity contribution in [3.8, 4) is 17.2 Å². The minimum absolute atomic E-state index is 0.118. The summed E-state index contributed by atoms with van der Waals surface area (Å²) in [5, 5.41) is 13.0. The lowest BCUT2D eigenvalue weighted by Gasteiger charge is -2.20. The van der Waals surface area contributed by atoms with Crippen molar-refractivity contribution in [1.29, 1.82) is 0 Å². The molecule has 8 heteroatoms. The maximum atomic E-state index is 12.6. The van der Waals surface area contributed by atoms with E-state index in [0.29, 0.717) is 11.5 Å². The van der Waals surface area contributed by atoms with Gasteiger partial charge in [0.15, 0.2) is 6.61 Å². The number of phenolic OH excluding ortho intramolecular Hbond substituents is 1. The second kappa shape index (κ2) is 10.5. The van der Waals surface area contributed by atoms with Crippen LogP contribution in [0, 0.1) is 0 Å². The number of phenols is 1. The molecule has 3 aromatic rings. The number of rotatable bonds is 8. The number of nitrogens with one attached hydrogen (secondary N) is 1. The van der Waals surface area contributed by atoms with Gasteiger partial charge in [-0.1, -0.05) is 35.9 Å². The minimum Gasteiger partial charge on any atom is -0.507 e. The average Bonchev–Trinajstić information content (AvgIpc) is 2.82. The van der Waals surface area contributed by atoms with Crippen LogP contribution in [0.5, 0.6) is 17.2 Å². The number of esters is 1. The summed E-state index contributed by atoms with van der Waals surface area (Å²) in [6, 6.07) is 18.0. The molecule has 3 aromatic carbocycles. The molecule has 0 aliphatic heterocycles. The highest BCUT2D eigenvalue weighted by Crippen LogP contribution is 2.26. The Bertz CT molecular complexity index is 1040. The molecule has 2 N–H and O–H groups in total. The summed E-state index contributed by atoms with van der Waals surface area (Å²) in [6.45, 7) is -0.534. The quantitative estimate of drug-likeness (QED) is 0.496. The second-order valence-corrected chi connectivity index (χ2v) is 7.22. The molecular weight excluding hydrogens is 434 g/mol. The summed E-state index contributed by atoms with van der Waals surface area (Å²) in [5.41, 5.74) is 1.50. The normalized spacial score (nSPS) is 10.5. The number of halogens is 1. The highest BCUT2D eigenvalue weighted by atomic mass is 35.5. The largest absolute Gasteiger partial charge is 0.507 e. The number of methoxy groups -OCH3 is 2. The van der Waals surface area contributed by atoms with E-state index in [2.05, 4.69) is 5.32 Å². The van der Waals surface area contributed by atoms with Gasteiger partial charge in [0.2, 0.25) is 0 Å². The number of carbonyl (C=O) groups excluding carboxylic acids is 2. The first kappa shape index (κ1) is 23.0. The van der Waals surface area contributed by atoms with E-state index in [4.69, 9.17) is 25.8 Å². The Hall–Kier alpha value is -3.71. The smallest absolute Gasteiger partial charge is 0.342 e. The van der Waals surface area contributed by atoms with Crippen molar-refractivity contribution in [2.24, 2.45) is 0 Å². The van der Waals surface area contributed by atoms with Gasteiger partial charge in [0.25, 0.3) is 5.91 Å². The predicted octanol–water partition coefficient (Wildman–Crippen LogP) is 4.13. The molecule has 3 rings (SSSR count). The summed E-state index contributed by atoms with van der Waals surface area (Å²) in [7, 11) is 3.15. The van der Waals surface area contributed by atoms with Gasteiger partial charge in [-0.15, -0.1) is 0 Å². The summed E-state index contributed by atoms with van der Waals surface area (Å²) in [5.74, 6) is -0.288. The van der Waals surface area contributed by atoms with E-state index in [1.807, 2.05) is 24.3 Å². The van der Waals surface area contributed by atoms with Crippen molar-refractivity contribution in [1.82, 2.24) is 5.32 Å². The van der Waals surface area contributed by atoms with Gasteiger partial charge in [-0.2, -0.15) is 0 Å². The predicted molar refractivity (Wildman–Crippen MR) is 119 cm³/mol. The third kappa shape index (κ3) is 5.70. The van der Waals surface area contributed by atoms with Crippen LogP contribution < -0.4 is 14.8 Å². The third-order valence-corrected chi connectivity index (χ3v) is 4.95. The van der Waals surface area contributed by atoms with E-state index < -0.39 is 24.5 Å². The molecule has 0 spiro atoms. The standard InChI is InChI=1S/C24H22ClNO6/c1-30-18-8-3-15(4-9-18)23(16-5-10-19(31-2)11-6-16)26-22(28)14-32-24(29)20-13-17(25)7-12-21(20)27/h3-13,23,27H,14H2,1-2H3,(H,26,28). The number of benzene rings is 3. The van der Waals surface area contributed by atoms with Gasteiger partial charge in [0, 0.05) is 5.02 Å². The monoisotopic (exact) mass is 455 g/mol. The van der Waals surface area contributed by atoms with Crippen LogP contribution in [0.25, 0.3) is 0 Å². The van der Waals surface area contributed by atoms with Gasteiger partial charge in [0.05, 0.1) is 20.3 Å². The summed E-state index contributed by atoms with van der Waals surface area (Å²) >= 11 is 5.86. The molecule has 0 aliphatic rings. The summed E-state index contributed by atoms with van der Waals surface area (Å²) < 4.78 is 15.5. The van der Waals surface area contributed by atoms with Crippen LogP contribution in [-0.4, -0.2) is 37.8 Å². The van der Waals surface area contributed by atoms with E-state index in [1.54, 1.807) is 38.5 Å². The molecule has 0 radical (unpaired) electrons. The zero-order valence-electron chi connectivity index (χ0n) is 17.5. The molecule has 0 unspecified atom stereocenters. The van der Waals surface area contributed by atoms with Crippen LogP contribution in [0.15, 0.2) is 66.7 Å². The average molecular weight is 456 g/mol. The molecule has 1 amide bonds. The first-order valence-corrected chi connectivity index (χ1v) is 10.0. The second-order valence-electron chi connectivity index (χ2n) is 6.78. The summed E-state index contributed by atoms with van der Waals surface area (Å²) in [6.07, 6.45) is 0. The van der Waals surface area contributed by atoms with Crippen LogP contribution in [0.2, 0.25) is 5.02 Å². The van der Waals surface area contributed by atoms with Crippen molar-refractivity contribution in [3.05, 3.63) is 88.4 Å². The molecule has 0 saturated carbocycles. The van der Waals surface area contributed by atoms with Crippen LogP contribution >= 0.6 is 11.6 Å². The van der Waals surface area contributed by atoms with Gasteiger partial charge >= 0.3 is 5.97 Å². The van der Waals surface area contributed by atoms with Gasteiger partial charge in [-0.3, -0.25) is 4.79 Å². The Kier molecular flexibility index (Phi) is 7.57. The Morgan fingerprint density at radius 3 is 1.94 bits per heavy atom. The maximum absolute atomic E-state index is 12.6. The number of carbonyl (C=O) groups is 2. The van der Waals surface area contributed by atoms with E-state index in [1.165, 1.54) is 18.2 Å². The van der Waals surface area contributed by atoms with Crippen molar-refractivity contribution in [2.75, 3.05) is 20.8 Å². The molecule has 166 valence electrons. The molecule has 0 saturated heterocycles. The van der Waals surface area contributed by atoms with Gasteiger partial charge in [0.1, 0.15) is 22.8 Å². The Morgan fingerprint density at radius 1 is 0.906 bits per heavy atom. The summed E-state index contributed by atoms with van der Waals surface area (Å²) in [4.78, 5) is 24.8. The molecule has 7 nitrogen and oxygen atoms in total. The number of hydrogen-bond donors (Lipinski definition) is 2. The molecule has 0 bridgehead atoms. The van der Waals surface area contributed by atoms with E-state index in [-0.39, 0.29) is 16.3 Å². The highest BCUT2D eigenvalue weighted by molar-refractivity contribution is 6.31. The van der Waals surface area contributed by atoms with Gasteiger partial charge in [-0.05, 0) is 53.6 Å². The molecule has 0 atom stereocenters. The first-order valence-electron chi connectivity index (χ1n) is 9.64. The number of hydrogen-bond acceptors (Lipinski definition) is 6. The van der Waals surface area contributed by atoms with E-state index >= 15 is 0 Å². The Morgan fingerprint density at radius 2 is 1.44 bits per heavy atom. The van der Waals surface area contributed by atoms with Crippen LogP contribution in [-0.2, 0) is 9.53 Å². The number of amides is 1.